The number of carbonyl (C=O) groups excluding carboxylic acids is 1. The van der Waals surface area contributed by atoms with Crippen LogP contribution in [0, 0.1) is 0 Å². The summed E-state index contributed by atoms with van der Waals surface area (Å²) in [5.74, 6) is 0.549. The van der Waals surface area contributed by atoms with E-state index in [1.165, 1.54) is 11.3 Å². The molecule has 6 heteroatoms. The lowest BCUT2D eigenvalue weighted by atomic mass is 10.2. The first-order valence-electron chi connectivity index (χ1n) is 7.98. The Hall–Kier alpha value is -2.05. The minimum Gasteiger partial charge on any atom is -0.495 e. The minimum absolute atomic E-state index is 0.229. The molecule has 1 amide bonds. The van der Waals surface area contributed by atoms with Gasteiger partial charge in [-0.05, 0) is 30.3 Å². The maximum Gasteiger partial charge on any atom is 0.279 e. The first kappa shape index (κ1) is 17.8. The molecule has 0 N–H and O–H groups in total. The molecule has 0 spiro atoms. The average Bonchev–Trinajstić information content (AvgIpc) is 2.90. The van der Waals surface area contributed by atoms with Gasteiger partial charge in [-0.25, -0.2) is 0 Å². The van der Waals surface area contributed by atoms with Crippen molar-refractivity contribution in [1.82, 2.24) is 4.57 Å². The van der Waals surface area contributed by atoms with Crippen molar-refractivity contribution >= 4 is 39.2 Å². The molecule has 1 aromatic heterocycles. The van der Waals surface area contributed by atoms with Gasteiger partial charge in [-0.3, -0.25) is 4.79 Å². The van der Waals surface area contributed by atoms with E-state index < -0.39 is 0 Å². The fraction of sp³-hybridized carbons (Fsp3) is 0.263. The Morgan fingerprint density at radius 3 is 2.72 bits per heavy atom. The van der Waals surface area contributed by atoms with Crippen LogP contribution in [0.1, 0.15) is 24.2 Å². The van der Waals surface area contributed by atoms with E-state index >= 15 is 0 Å². The van der Waals surface area contributed by atoms with Gasteiger partial charge in [0.2, 0.25) is 0 Å². The Kier molecular flexibility index (Phi) is 5.30. The maximum absolute atomic E-state index is 12.6. The van der Waals surface area contributed by atoms with E-state index in [2.05, 4.69) is 18.8 Å². The molecule has 0 unspecified atom stereocenters. The van der Waals surface area contributed by atoms with Gasteiger partial charge in [0.25, 0.3) is 5.91 Å². The van der Waals surface area contributed by atoms with Crippen LogP contribution in [0.4, 0.5) is 0 Å². The Morgan fingerprint density at radius 2 is 2.00 bits per heavy atom. The number of hydrogen-bond acceptors (Lipinski definition) is 4. The van der Waals surface area contributed by atoms with Crippen LogP contribution in [-0.4, -0.2) is 22.8 Å². The molecule has 4 nitrogen and oxygen atoms in total. The number of aromatic nitrogens is 1. The molecule has 0 fully saturated rings. The number of fused-ring (bicyclic) bond motifs is 1. The van der Waals surface area contributed by atoms with Gasteiger partial charge in [0.1, 0.15) is 11.3 Å². The molecule has 0 bridgehead atoms. The van der Waals surface area contributed by atoms with Gasteiger partial charge >= 0.3 is 0 Å². The topological polar surface area (TPSA) is 43.6 Å². The van der Waals surface area contributed by atoms with Crippen molar-refractivity contribution in [1.29, 1.82) is 0 Å². The number of methoxy groups -OCH3 is 1. The van der Waals surface area contributed by atoms with Crippen molar-refractivity contribution in [2.45, 2.75) is 24.0 Å². The van der Waals surface area contributed by atoms with Gasteiger partial charge in [-0.15, -0.1) is 11.8 Å². The van der Waals surface area contributed by atoms with E-state index in [0.29, 0.717) is 15.6 Å². The van der Waals surface area contributed by atoms with Crippen molar-refractivity contribution in [2.75, 3.05) is 7.11 Å². The van der Waals surface area contributed by atoms with Crippen LogP contribution in [0.5, 0.6) is 5.75 Å². The van der Waals surface area contributed by atoms with Crippen molar-refractivity contribution in [2.24, 2.45) is 12.0 Å². The largest absolute Gasteiger partial charge is 0.495 e. The van der Waals surface area contributed by atoms with Crippen LogP contribution in [0.2, 0.25) is 0 Å². The number of amides is 1. The van der Waals surface area contributed by atoms with Crippen molar-refractivity contribution in [3.05, 3.63) is 52.8 Å². The van der Waals surface area contributed by atoms with Crippen LogP contribution >= 0.6 is 23.1 Å². The first-order chi connectivity index (χ1) is 12.0. The van der Waals surface area contributed by atoms with Crippen molar-refractivity contribution in [3.8, 4) is 5.75 Å². The fourth-order valence-electron chi connectivity index (χ4n) is 2.57. The lowest BCUT2D eigenvalue weighted by Crippen LogP contribution is -2.13. The summed E-state index contributed by atoms with van der Waals surface area (Å²) < 4.78 is 8.37. The molecule has 0 saturated heterocycles. The number of carbonyl (C=O) groups is 1. The molecule has 1 heterocycles. The third kappa shape index (κ3) is 3.80. The molecular formula is C19H20N2O2S2. The number of rotatable bonds is 4. The highest BCUT2D eigenvalue weighted by molar-refractivity contribution is 7.99. The molecule has 0 aliphatic carbocycles. The molecule has 0 aliphatic rings. The van der Waals surface area contributed by atoms with Gasteiger partial charge in [0, 0.05) is 22.8 Å². The number of benzene rings is 2. The third-order valence-electron chi connectivity index (χ3n) is 3.66. The standard InChI is InChI=1S/C19H20N2O2S2/c1-12(2)24-14-8-5-7-13(11-14)18(22)20-19-21(3)17-15(23-4)9-6-10-16(17)25-19/h5-12H,1-4H3. The second-order valence-corrected chi connectivity index (χ2v) is 8.52. The van der Waals surface area contributed by atoms with Gasteiger partial charge in [-0.2, -0.15) is 4.99 Å². The van der Waals surface area contributed by atoms with E-state index in [1.807, 2.05) is 54.1 Å². The van der Waals surface area contributed by atoms with Crippen LogP contribution < -0.4 is 9.54 Å². The zero-order valence-electron chi connectivity index (χ0n) is 14.6. The SMILES string of the molecule is COc1cccc2sc(=NC(=O)c3cccc(SC(C)C)c3)n(C)c12. The van der Waals surface area contributed by atoms with Crippen LogP contribution in [0.3, 0.4) is 0 Å². The number of nitrogens with zero attached hydrogens (tertiary/aromatic N) is 2. The van der Waals surface area contributed by atoms with E-state index in [-0.39, 0.29) is 5.91 Å². The van der Waals surface area contributed by atoms with Gasteiger partial charge in [-0.1, -0.05) is 37.3 Å². The lowest BCUT2D eigenvalue weighted by molar-refractivity contribution is 0.0997. The third-order valence-corrected chi connectivity index (χ3v) is 5.75. The lowest BCUT2D eigenvalue weighted by Gasteiger charge is -2.05. The Labute approximate surface area is 155 Å². The zero-order valence-corrected chi connectivity index (χ0v) is 16.3. The summed E-state index contributed by atoms with van der Waals surface area (Å²) in [7, 11) is 3.55. The second-order valence-electron chi connectivity index (χ2n) is 5.86. The van der Waals surface area contributed by atoms with E-state index in [0.717, 1.165) is 20.9 Å². The summed E-state index contributed by atoms with van der Waals surface area (Å²) in [6.07, 6.45) is 0. The summed E-state index contributed by atoms with van der Waals surface area (Å²) in [4.78, 5) is 18.7. The molecule has 0 aliphatic heterocycles. The average molecular weight is 373 g/mol. The maximum atomic E-state index is 12.6. The number of ether oxygens (including phenoxy) is 1. The van der Waals surface area contributed by atoms with E-state index in [9.17, 15) is 4.79 Å². The summed E-state index contributed by atoms with van der Waals surface area (Å²) in [6.45, 7) is 4.27. The van der Waals surface area contributed by atoms with Crippen molar-refractivity contribution in [3.63, 3.8) is 0 Å². The molecule has 3 aromatic rings. The fourth-order valence-corrected chi connectivity index (χ4v) is 4.50. The summed E-state index contributed by atoms with van der Waals surface area (Å²) in [6, 6.07) is 13.5. The summed E-state index contributed by atoms with van der Waals surface area (Å²) in [5.41, 5.74) is 1.56. The molecule has 25 heavy (non-hydrogen) atoms. The normalized spacial score (nSPS) is 12.1. The monoisotopic (exact) mass is 372 g/mol. The molecule has 0 saturated carbocycles. The van der Waals surface area contributed by atoms with Crippen LogP contribution in [0.15, 0.2) is 52.4 Å². The summed E-state index contributed by atoms with van der Waals surface area (Å²) >= 11 is 3.22. The highest BCUT2D eigenvalue weighted by Crippen LogP contribution is 2.27. The minimum atomic E-state index is -0.229. The number of thioether (sulfide) groups is 1. The van der Waals surface area contributed by atoms with Crippen LogP contribution in [0.25, 0.3) is 10.2 Å². The number of aryl methyl sites for hydroxylation is 1. The van der Waals surface area contributed by atoms with Crippen LogP contribution in [-0.2, 0) is 7.05 Å². The van der Waals surface area contributed by atoms with Gasteiger partial charge in [0.05, 0.1) is 11.8 Å². The molecule has 0 radical (unpaired) electrons. The van der Waals surface area contributed by atoms with Gasteiger partial charge in [0.15, 0.2) is 4.80 Å². The Bertz CT molecular complexity index is 986. The van der Waals surface area contributed by atoms with E-state index in [1.54, 1.807) is 18.9 Å². The zero-order chi connectivity index (χ0) is 18.0. The quantitative estimate of drug-likeness (QED) is 0.634. The van der Waals surface area contributed by atoms with Gasteiger partial charge < -0.3 is 9.30 Å². The Morgan fingerprint density at radius 1 is 1.24 bits per heavy atom. The molecule has 0 atom stereocenters. The summed E-state index contributed by atoms with van der Waals surface area (Å²) in [5, 5.41) is 0.468. The number of hydrogen-bond donors (Lipinski definition) is 0. The number of thiazole rings is 1. The smallest absolute Gasteiger partial charge is 0.279 e. The predicted octanol–water partition coefficient (Wildman–Crippen LogP) is 4.49. The predicted molar refractivity (Wildman–Crippen MR) is 105 cm³/mol. The molecule has 130 valence electrons. The molecule has 2 aromatic carbocycles. The first-order valence-corrected chi connectivity index (χ1v) is 9.67. The molecule has 3 rings (SSSR count). The number of para-hydroxylation sites is 1. The van der Waals surface area contributed by atoms with E-state index in [4.69, 9.17) is 4.74 Å². The Balaban J connectivity index is 2.02. The highest BCUT2D eigenvalue weighted by Gasteiger charge is 2.11. The van der Waals surface area contributed by atoms with Crippen molar-refractivity contribution < 1.29 is 9.53 Å². The highest BCUT2D eigenvalue weighted by atomic mass is 32.2. The molecular weight excluding hydrogens is 352 g/mol. The second kappa shape index (κ2) is 7.45.